The maximum Gasteiger partial charge on any atom is 0.233 e. The highest BCUT2D eigenvalue weighted by atomic mass is 32.2. The molecule has 0 bridgehead atoms. The van der Waals surface area contributed by atoms with Gasteiger partial charge in [0.15, 0.2) is 5.82 Å². The second kappa shape index (κ2) is 9.37. The van der Waals surface area contributed by atoms with E-state index in [0.29, 0.717) is 24.0 Å². The van der Waals surface area contributed by atoms with Gasteiger partial charge < -0.3 is 4.90 Å². The Kier molecular flexibility index (Phi) is 6.65. The summed E-state index contributed by atoms with van der Waals surface area (Å²) in [5.74, 6) is 1.14. The van der Waals surface area contributed by atoms with Gasteiger partial charge in [-0.15, -0.1) is 5.10 Å². The van der Waals surface area contributed by atoms with Crippen LogP contribution in [0, 0.1) is 0 Å². The zero-order valence-corrected chi connectivity index (χ0v) is 16.5. The molecule has 0 aliphatic rings. The summed E-state index contributed by atoms with van der Waals surface area (Å²) in [6, 6.07) is 18.3. The Bertz CT molecular complexity index is 861. The molecule has 6 heteroatoms. The molecule has 1 amide bonds. The van der Waals surface area contributed by atoms with Crippen molar-refractivity contribution in [3.63, 3.8) is 0 Å². The van der Waals surface area contributed by atoms with Crippen molar-refractivity contribution in [3.05, 3.63) is 65.7 Å². The predicted molar refractivity (Wildman–Crippen MR) is 109 cm³/mol. The van der Waals surface area contributed by atoms with Gasteiger partial charge in [-0.2, -0.15) is 0 Å². The molecule has 5 nitrogen and oxygen atoms in total. The number of amides is 1. The summed E-state index contributed by atoms with van der Waals surface area (Å²) in [6.45, 7) is 5.43. The van der Waals surface area contributed by atoms with Crippen molar-refractivity contribution in [2.75, 3.05) is 12.3 Å². The van der Waals surface area contributed by atoms with Crippen molar-refractivity contribution in [1.82, 2.24) is 20.1 Å². The van der Waals surface area contributed by atoms with Crippen LogP contribution in [0.4, 0.5) is 0 Å². The fraction of sp³-hybridized carbons (Fsp3) is 0.286. The standard InChI is InChI=1S/C21H24N4OS/c1-3-16-10-12-18(13-11-16)20-22-21(24-23-20)27-15-19(26)25(4-2)14-17-8-6-5-7-9-17/h5-13H,3-4,14-15H2,1-2H3,(H,22,23,24). The van der Waals surface area contributed by atoms with Crippen LogP contribution in [-0.2, 0) is 17.8 Å². The first-order valence-corrected chi connectivity index (χ1v) is 10.1. The lowest BCUT2D eigenvalue weighted by Gasteiger charge is -2.20. The number of aromatic nitrogens is 3. The van der Waals surface area contributed by atoms with E-state index in [9.17, 15) is 4.79 Å². The highest BCUT2D eigenvalue weighted by molar-refractivity contribution is 7.99. The number of rotatable bonds is 8. The van der Waals surface area contributed by atoms with Gasteiger partial charge in [-0.3, -0.25) is 9.89 Å². The smallest absolute Gasteiger partial charge is 0.233 e. The van der Waals surface area contributed by atoms with Crippen molar-refractivity contribution in [1.29, 1.82) is 0 Å². The Balaban J connectivity index is 1.57. The molecule has 0 atom stereocenters. The summed E-state index contributed by atoms with van der Waals surface area (Å²) in [6.07, 6.45) is 1.01. The number of carbonyl (C=O) groups is 1. The lowest BCUT2D eigenvalue weighted by atomic mass is 10.1. The number of H-pyrrole nitrogens is 1. The molecule has 3 rings (SSSR count). The number of aromatic amines is 1. The lowest BCUT2D eigenvalue weighted by molar-refractivity contribution is -0.128. The van der Waals surface area contributed by atoms with E-state index >= 15 is 0 Å². The summed E-state index contributed by atoms with van der Waals surface area (Å²) in [7, 11) is 0. The molecule has 0 radical (unpaired) electrons. The summed E-state index contributed by atoms with van der Waals surface area (Å²) in [5.41, 5.74) is 3.42. The molecule has 0 aliphatic carbocycles. The number of nitrogens with zero attached hydrogens (tertiary/aromatic N) is 3. The van der Waals surface area contributed by atoms with Crippen molar-refractivity contribution < 1.29 is 4.79 Å². The largest absolute Gasteiger partial charge is 0.338 e. The first-order valence-electron chi connectivity index (χ1n) is 9.15. The molecule has 1 heterocycles. The average Bonchev–Trinajstić information content (AvgIpc) is 3.20. The quantitative estimate of drug-likeness (QED) is 0.596. The number of aryl methyl sites for hydroxylation is 1. The van der Waals surface area contributed by atoms with Crippen molar-refractivity contribution in [3.8, 4) is 11.4 Å². The third-order valence-electron chi connectivity index (χ3n) is 4.38. The molecule has 0 aliphatic heterocycles. The van der Waals surface area contributed by atoms with Crippen LogP contribution >= 0.6 is 11.8 Å². The number of carbonyl (C=O) groups excluding carboxylic acids is 1. The van der Waals surface area contributed by atoms with Gasteiger partial charge in [-0.25, -0.2) is 4.98 Å². The molecular formula is C21H24N4OS. The number of thioether (sulfide) groups is 1. The first kappa shape index (κ1) is 19.2. The third kappa shape index (κ3) is 5.20. The van der Waals surface area contributed by atoms with Crippen molar-refractivity contribution >= 4 is 17.7 Å². The zero-order chi connectivity index (χ0) is 19.1. The third-order valence-corrected chi connectivity index (χ3v) is 5.21. The molecule has 140 valence electrons. The van der Waals surface area contributed by atoms with E-state index in [-0.39, 0.29) is 5.91 Å². The van der Waals surface area contributed by atoms with E-state index < -0.39 is 0 Å². The normalized spacial score (nSPS) is 10.7. The molecule has 2 aromatic carbocycles. The van der Waals surface area contributed by atoms with Gasteiger partial charge >= 0.3 is 0 Å². The van der Waals surface area contributed by atoms with Gasteiger partial charge in [-0.05, 0) is 24.5 Å². The van der Waals surface area contributed by atoms with E-state index in [1.165, 1.54) is 17.3 Å². The lowest BCUT2D eigenvalue weighted by Crippen LogP contribution is -2.31. The van der Waals surface area contributed by atoms with E-state index in [1.807, 2.05) is 54.3 Å². The van der Waals surface area contributed by atoms with Gasteiger partial charge in [0.1, 0.15) is 0 Å². The average molecular weight is 381 g/mol. The molecule has 0 fully saturated rings. The van der Waals surface area contributed by atoms with Gasteiger partial charge in [0.25, 0.3) is 0 Å². The van der Waals surface area contributed by atoms with Crippen LogP contribution < -0.4 is 0 Å². The maximum atomic E-state index is 12.5. The first-order chi connectivity index (χ1) is 13.2. The zero-order valence-electron chi connectivity index (χ0n) is 15.7. The van der Waals surface area contributed by atoms with E-state index in [2.05, 4.69) is 34.2 Å². The van der Waals surface area contributed by atoms with Crippen LogP contribution in [0.25, 0.3) is 11.4 Å². The highest BCUT2D eigenvalue weighted by Crippen LogP contribution is 2.20. The van der Waals surface area contributed by atoms with Crippen LogP contribution in [0.3, 0.4) is 0 Å². The fourth-order valence-corrected chi connectivity index (χ4v) is 3.44. The number of hydrogen-bond donors (Lipinski definition) is 1. The van der Waals surface area contributed by atoms with E-state index in [1.54, 1.807) is 0 Å². The summed E-state index contributed by atoms with van der Waals surface area (Å²) < 4.78 is 0. The highest BCUT2D eigenvalue weighted by Gasteiger charge is 2.14. The van der Waals surface area contributed by atoms with Gasteiger partial charge in [0, 0.05) is 18.7 Å². The molecule has 0 spiro atoms. The van der Waals surface area contributed by atoms with Crippen LogP contribution in [0.2, 0.25) is 0 Å². The molecule has 0 saturated heterocycles. The van der Waals surface area contributed by atoms with Crippen molar-refractivity contribution in [2.24, 2.45) is 0 Å². The van der Waals surface area contributed by atoms with Crippen LogP contribution in [0.5, 0.6) is 0 Å². The van der Waals surface area contributed by atoms with Crippen LogP contribution in [-0.4, -0.2) is 38.3 Å². The molecule has 0 saturated carbocycles. The number of hydrogen-bond acceptors (Lipinski definition) is 4. The number of benzene rings is 2. The van der Waals surface area contributed by atoms with E-state index in [0.717, 1.165) is 23.4 Å². The minimum absolute atomic E-state index is 0.0880. The molecule has 0 unspecified atom stereocenters. The molecular weight excluding hydrogens is 356 g/mol. The minimum atomic E-state index is 0.0880. The Morgan fingerprint density at radius 1 is 1.04 bits per heavy atom. The van der Waals surface area contributed by atoms with Gasteiger partial charge in [0.05, 0.1) is 5.75 Å². The molecule has 1 aromatic heterocycles. The Morgan fingerprint density at radius 3 is 2.44 bits per heavy atom. The SMILES string of the molecule is CCc1ccc(-c2nc(SCC(=O)N(CC)Cc3ccccc3)n[nH]2)cc1. The predicted octanol–water partition coefficient (Wildman–Crippen LogP) is 4.17. The summed E-state index contributed by atoms with van der Waals surface area (Å²) in [4.78, 5) is 18.9. The number of nitrogens with one attached hydrogen (secondary N) is 1. The fourth-order valence-electron chi connectivity index (χ4n) is 2.74. The Labute approximate surface area is 164 Å². The Morgan fingerprint density at radius 2 is 1.78 bits per heavy atom. The van der Waals surface area contributed by atoms with E-state index in [4.69, 9.17) is 0 Å². The molecule has 27 heavy (non-hydrogen) atoms. The summed E-state index contributed by atoms with van der Waals surface area (Å²) in [5, 5.41) is 7.78. The second-order valence-electron chi connectivity index (χ2n) is 6.20. The maximum absolute atomic E-state index is 12.5. The molecule has 3 aromatic rings. The monoisotopic (exact) mass is 380 g/mol. The van der Waals surface area contributed by atoms with Gasteiger partial charge in [0.2, 0.25) is 11.1 Å². The molecule has 1 N–H and O–H groups in total. The van der Waals surface area contributed by atoms with Gasteiger partial charge in [-0.1, -0.05) is 73.3 Å². The van der Waals surface area contributed by atoms with Crippen molar-refractivity contribution in [2.45, 2.75) is 32.0 Å². The topological polar surface area (TPSA) is 61.9 Å². The summed E-state index contributed by atoms with van der Waals surface area (Å²) >= 11 is 1.36. The Hall–Kier alpha value is -2.60. The minimum Gasteiger partial charge on any atom is -0.338 e. The van der Waals surface area contributed by atoms with Crippen LogP contribution in [0.15, 0.2) is 59.8 Å². The second-order valence-corrected chi connectivity index (χ2v) is 7.14. The van der Waals surface area contributed by atoms with Crippen LogP contribution in [0.1, 0.15) is 25.0 Å².